The molecule has 10 rings (SSSR count). The summed E-state index contributed by atoms with van der Waals surface area (Å²) in [5.74, 6) is 3.02. The van der Waals surface area contributed by atoms with Crippen molar-refractivity contribution in [2.75, 3.05) is 36.6 Å². The van der Waals surface area contributed by atoms with E-state index in [1.54, 1.807) is 0 Å². The molecule has 10 aromatic carbocycles. The van der Waals surface area contributed by atoms with Gasteiger partial charge < -0.3 is 4.74 Å². The lowest BCUT2D eigenvalue weighted by molar-refractivity contribution is 0.343. The molecule has 0 aliphatic carbocycles. The predicted octanol–water partition coefficient (Wildman–Crippen LogP) is 15.6. The van der Waals surface area contributed by atoms with Gasteiger partial charge >= 0.3 is 0 Å². The second kappa shape index (κ2) is 25.6. The van der Waals surface area contributed by atoms with Crippen molar-refractivity contribution in [3.63, 3.8) is 0 Å². The van der Waals surface area contributed by atoms with Crippen molar-refractivity contribution >= 4 is 79.1 Å². The monoisotopic (exact) mass is 1020 g/mol. The van der Waals surface area contributed by atoms with E-state index in [-0.39, 0.29) is 0 Å². The summed E-state index contributed by atoms with van der Waals surface area (Å²) in [5.41, 5.74) is 7.20. The smallest absolute Gasteiger partial charge is 0.119 e. The van der Waals surface area contributed by atoms with E-state index in [1.807, 2.05) is 23.5 Å². The van der Waals surface area contributed by atoms with Crippen molar-refractivity contribution in [1.82, 2.24) is 0 Å². The van der Waals surface area contributed by atoms with Gasteiger partial charge in [0.05, 0.1) is 6.61 Å². The molecule has 0 fully saturated rings. The molecule has 354 valence electrons. The minimum absolute atomic E-state index is 0.422. The van der Waals surface area contributed by atoms with Crippen LogP contribution in [0.4, 0.5) is 0 Å². The molecular formula is C66H57OP3S2. The van der Waals surface area contributed by atoms with Gasteiger partial charge in [-0.05, 0) is 156 Å². The van der Waals surface area contributed by atoms with Crippen LogP contribution >= 0.6 is 47.3 Å². The average Bonchev–Trinajstić information content (AvgIpc) is 3.46. The quantitative estimate of drug-likeness (QED) is 0.0524. The Morgan fingerprint density at radius 2 is 0.528 bits per heavy atom. The zero-order chi connectivity index (χ0) is 48.6. The van der Waals surface area contributed by atoms with Crippen LogP contribution in [-0.2, 0) is 0 Å². The first kappa shape index (κ1) is 49.6. The first-order chi connectivity index (χ1) is 35.7. The molecule has 0 N–H and O–H groups in total. The van der Waals surface area contributed by atoms with Crippen molar-refractivity contribution in [2.45, 2.75) is 9.79 Å². The molecule has 10 aromatic rings. The molecule has 0 amide bonds. The first-order valence-electron chi connectivity index (χ1n) is 24.7. The standard InChI is InChI=1S/C66H57OP3S2/c1-7-19-59(20-8-1)68(60-21-9-2-10-22-60)44-43-67-58-37-31-52(32-38-58)55-49-56(53-33-39-65(40-34-53)71-47-45-69(61-23-11-3-12-24-61)62-25-13-4-14-26-62)51-57(50-55)54-35-41-66(42-36-54)72-48-46-70(63-27-15-5-16-28-63)64-29-17-6-18-30-64/h1-42,49-51H,43-48H2. The Balaban J connectivity index is 0.862. The van der Waals surface area contributed by atoms with Crippen molar-refractivity contribution in [3.8, 4) is 39.1 Å². The van der Waals surface area contributed by atoms with E-state index in [2.05, 4.69) is 273 Å². The van der Waals surface area contributed by atoms with Gasteiger partial charge in [-0.3, -0.25) is 0 Å². The van der Waals surface area contributed by atoms with E-state index in [1.165, 1.54) is 75.0 Å². The van der Waals surface area contributed by atoms with E-state index in [0.29, 0.717) is 6.61 Å². The van der Waals surface area contributed by atoms with Crippen molar-refractivity contribution in [2.24, 2.45) is 0 Å². The third-order valence-corrected chi connectivity index (χ3v) is 22.8. The van der Waals surface area contributed by atoms with Crippen LogP contribution in [0, 0.1) is 0 Å². The molecule has 0 atom stereocenters. The summed E-state index contributed by atoms with van der Waals surface area (Å²) in [6, 6.07) is 100. The maximum Gasteiger partial charge on any atom is 0.119 e. The van der Waals surface area contributed by atoms with E-state index in [0.717, 1.165) is 35.7 Å². The highest BCUT2D eigenvalue weighted by Gasteiger charge is 2.17. The van der Waals surface area contributed by atoms with Crippen LogP contribution in [0.3, 0.4) is 0 Å². The van der Waals surface area contributed by atoms with Gasteiger partial charge in [0.2, 0.25) is 0 Å². The molecule has 0 unspecified atom stereocenters. The fourth-order valence-electron chi connectivity index (χ4n) is 8.99. The van der Waals surface area contributed by atoms with E-state index in [4.69, 9.17) is 4.74 Å². The Kier molecular flexibility index (Phi) is 17.6. The van der Waals surface area contributed by atoms with Crippen LogP contribution in [0.5, 0.6) is 5.75 Å². The van der Waals surface area contributed by atoms with Gasteiger partial charge in [-0.1, -0.05) is 218 Å². The molecule has 0 radical (unpaired) electrons. The molecule has 0 aliphatic heterocycles. The van der Waals surface area contributed by atoms with Crippen LogP contribution < -0.4 is 36.6 Å². The third kappa shape index (κ3) is 13.3. The molecule has 0 saturated heterocycles. The lowest BCUT2D eigenvalue weighted by atomic mass is 9.93. The zero-order valence-electron chi connectivity index (χ0n) is 40.3. The molecule has 0 spiro atoms. The molecule has 1 nitrogen and oxygen atoms in total. The largest absolute Gasteiger partial charge is 0.493 e. The average molecular weight is 1020 g/mol. The highest BCUT2D eigenvalue weighted by Crippen LogP contribution is 2.39. The molecule has 0 saturated carbocycles. The maximum atomic E-state index is 6.46. The summed E-state index contributed by atoms with van der Waals surface area (Å²) >= 11 is 3.92. The second-order valence-corrected chi connectivity index (χ2v) is 26.7. The number of hydrogen-bond acceptors (Lipinski definition) is 3. The van der Waals surface area contributed by atoms with Gasteiger partial charge in [-0.25, -0.2) is 0 Å². The lowest BCUT2D eigenvalue weighted by Gasteiger charge is -2.19. The lowest BCUT2D eigenvalue weighted by Crippen LogP contribution is -2.17. The van der Waals surface area contributed by atoms with E-state index in [9.17, 15) is 0 Å². The number of ether oxygens (including phenoxy) is 1. The molecule has 0 aromatic heterocycles. The highest BCUT2D eigenvalue weighted by atomic mass is 32.2. The van der Waals surface area contributed by atoms with Gasteiger partial charge in [0.25, 0.3) is 0 Å². The van der Waals surface area contributed by atoms with Crippen LogP contribution in [0.25, 0.3) is 33.4 Å². The Bertz CT molecular complexity index is 2700. The topological polar surface area (TPSA) is 9.23 Å². The van der Waals surface area contributed by atoms with E-state index < -0.39 is 23.8 Å². The minimum atomic E-state index is -0.520. The number of thioether (sulfide) groups is 2. The van der Waals surface area contributed by atoms with Crippen LogP contribution in [0.1, 0.15) is 0 Å². The summed E-state index contributed by atoms with van der Waals surface area (Å²) < 4.78 is 6.46. The predicted molar refractivity (Wildman–Crippen MR) is 322 cm³/mol. The third-order valence-electron chi connectivity index (χ3n) is 12.7. The van der Waals surface area contributed by atoms with Crippen molar-refractivity contribution < 1.29 is 4.74 Å². The molecule has 0 bridgehead atoms. The Hall–Kier alpha value is -6.01. The fourth-order valence-corrected chi connectivity index (χ4v) is 18.2. The maximum absolute atomic E-state index is 6.46. The van der Waals surface area contributed by atoms with Crippen molar-refractivity contribution in [3.05, 3.63) is 273 Å². The van der Waals surface area contributed by atoms with Crippen LogP contribution in [0.2, 0.25) is 0 Å². The Labute approximate surface area is 439 Å². The molecule has 0 heterocycles. The minimum Gasteiger partial charge on any atom is -0.493 e. The molecule has 0 aliphatic rings. The normalized spacial score (nSPS) is 11.3. The van der Waals surface area contributed by atoms with Gasteiger partial charge in [-0.2, -0.15) is 0 Å². The van der Waals surface area contributed by atoms with Gasteiger partial charge in [0.15, 0.2) is 0 Å². The summed E-state index contributed by atoms with van der Waals surface area (Å²) in [4.78, 5) is 2.60. The second-order valence-electron chi connectivity index (χ2n) is 17.4. The first-order valence-corrected chi connectivity index (χ1v) is 31.2. The number of benzene rings is 10. The summed E-state index contributed by atoms with van der Waals surface area (Å²) in [6.07, 6.45) is 3.22. The van der Waals surface area contributed by atoms with Crippen LogP contribution in [-0.4, -0.2) is 36.6 Å². The van der Waals surface area contributed by atoms with Crippen LogP contribution in [0.15, 0.2) is 283 Å². The summed E-state index contributed by atoms with van der Waals surface area (Å²) in [5, 5.41) is 8.51. The Morgan fingerprint density at radius 1 is 0.264 bits per heavy atom. The number of hydrogen-bond donors (Lipinski definition) is 0. The molecular weight excluding hydrogens is 966 g/mol. The summed E-state index contributed by atoms with van der Waals surface area (Å²) in [6.45, 7) is 0.653. The summed E-state index contributed by atoms with van der Waals surface area (Å²) in [7, 11) is -1.36. The SMILES string of the molecule is c1ccc(P(CCOc2ccc(-c3cc(-c4ccc(SCCP(c5ccccc5)c5ccccc5)cc4)cc(-c4ccc(SCCP(c5ccccc5)c5ccccc5)cc4)c3)cc2)c2ccccc2)cc1. The van der Waals surface area contributed by atoms with Gasteiger partial charge in [-0.15, -0.1) is 23.5 Å². The Morgan fingerprint density at radius 3 is 0.819 bits per heavy atom. The van der Waals surface area contributed by atoms with Gasteiger partial charge in [0, 0.05) is 27.5 Å². The highest BCUT2D eigenvalue weighted by molar-refractivity contribution is 8.00. The molecule has 6 heteroatoms. The van der Waals surface area contributed by atoms with E-state index >= 15 is 0 Å². The zero-order valence-corrected chi connectivity index (χ0v) is 44.6. The number of rotatable bonds is 21. The van der Waals surface area contributed by atoms with Crippen molar-refractivity contribution in [1.29, 1.82) is 0 Å². The van der Waals surface area contributed by atoms with Gasteiger partial charge in [0.1, 0.15) is 5.75 Å². The molecule has 72 heavy (non-hydrogen) atoms. The fraction of sp³-hybridized carbons (Fsp3) is 0.0909.